The van der Waals surface area contributed by atoms with Gasteiger partial charge >= 0.3 is 0 Å². The van der Waals surface area contributed by atoms with Crippen LogP contribution < -0.4 is 15.8 Å². The summed E-state index contributed by atoms with van der Waals surface area (Å²) in [6, 6.07) is 20.1. The van der Waals surface area contributed by atoms with Gasteiger partial charge in [-0.15, -0.1) is 11.3 Å². The first-order valence-corrected chi connectivity index (χ1v) is 14.8. The molecule has 0 aliphatic carbocycles. The first-order valence-electron chi connectivity index (χ1n) is 13.6. The Morgan fingerprint density at radius 3 is 2.66 bits per heavy atom. The van der Waals surface area contributed by atoms with Crippen molar-refractivity contribution >= 4 is 45.7 Å². The van der Waals surface area contributed by atoms with Gasteiger partial charge in [0.2, 0.25) is 0 Å². The Balaban J connectivity index is 1.25. The molecule has 41 heavy (non-hydrogen) atoms. The number of benzene rings is 2. The number of halogens is 1. The zero-order chi connectivity index (χ0) is 28.5. The first kappa shape index (κ1) is 27.3. The van der Waals surface area contributed by atoms with Gasteiger partial charge in [0.25, 0.3) is 5.91 Å². The lowest BCUT2D eigenvalue weighted by molar-refractivity contribution is 0.0998. The number of fused-ring (bicyclic) bond motifs is 1. The number of piperidine rings is 1. The van der Waals surface area contributed by atoms with E-state index in [0.717, 1.165) is 64.5 Å². The number of hydrogen-bond acceptors (Lipinski definition) is 7. The molecule has 1 fully saturated rings. The summed E-state index contributed by atoms with van der Waals surface area (Å²) in [6.07, 6.45) is 5.45. The van der Waals surface area contributed by atoms with E-state index in [-0.39, 0.29) is 6.10 Å². The number of aromatic nitrogens is 3. The Kier molecular flexibility index (Phi) is 7.66. The molecule has 10 heteroatoms. The molecule has 3 aromatic heterocycles. The summed E-state index contributed by atoms with van der Waals surface area (Å²) in [7, 11) is 2.16. The summed E-state index contributed by atoms with van der Waals surface area (Å²) in [5.41, 5.74) is 10.4. The average molecular weight is 587 g/mol. The fourth-order valence-corrected chi connectivity index (χ4v) is 6.43. The van der Waals surface area contributed by atoms with Crippen molar-refractivity contribution < 1.29 is 9.53 Å². The van der Waals surface area contributed by atoms with Crippen LogP contribution in [0.15, 0.2) is 73.2 Å². The third-order valence-corrected chi connectivity index (χ3v) is 8.98. The molecule has 1 amide bonds. The van der Waals surface area contributed by atoms with E-state index >= 15 is 0 Å². The minimum Gasteiger partial charge on any atom is -0.484 e. The number of primary amides is 1. The molecule has 0 radical (unpaired) electrons. The van der Waals surface area contributed by atoms with Crippen molar-refractivity contribution in [3.05, 3.63) is 88.7 Å². The summed E-state index contributed by atoms with van der Waals surface area (Å²) < 4.78 is 8.14. The van der Waals surface area contributed by atoms with Gasteiger partial charge in [0.05, 0.1) is 11.0 Å². The number of hydrogen-bond donors (Lipinski definition) is 2. The number of nitrogens with one attached hydrogen (secondary N) is 1. The maximum Gasteiger partial charge on any atom is 0.262 e. The standard InChI is InChI=1S/C31H31ClN6O2S/c1-19(23-5-3-4-6-24(23)32)40-27-17-29(41-30(27)31(33)39)38-18-35-25-15-20(7-8-26(25)38)21-9-12-34-28(16-21)36-22-10-13-37(2)14-11-22/h3-9,12,15-19,22H,10-11,13-14H2,1-2H3,(H2,33,39)(H,34,36). The zero-order valence-electron chi connectivity index (χ0n) is 22.9. The second-order valence-corrected chi connectivity index (χ2v) is 11.8. The Morgan fingerprint density at radius 1 is 1.10 bits per heavy atom. The van der Waals surface area contributed by atoms with Gasteiger partial charge in [0.1, 0.15) is 33.9 Å². The number of thiophene rings is 1. The van der Waals surface area contributed by atoms with E-state index in [4.69, 9.17) is 22.1 Å². The predicted octanol–water partition coefficient (Wildman–Crippen LogP) is 6.55. The van der Waals surface area contributed by atoms with Gasteiger partial charge in [-0.1, -0.05) is 35.9 Å². The van der Waals surface area contributed by atoms with E-state index < -0.39 is 5.91 Å². The molecule has 2 aromatic carbocycles. The van der Waals surface area contributed by atoms with E-state index in [9.17, 15) is 4.79 Å². The second-order valence-electron chi connectivity index (χ2n) is 10.4. The fraction of sp³-hybridized carbons (Fsp3) is 0.258. The van der Waals surface area contributed by atoms with E-state index in [2.05, 4.69) is 45.4 Å². The highest BCUT2D eigenvalue weighted by molar-refractivity contribution is 7.16. The summed E-state index contributed by atoms with van der Waals surface area (Å²) >= 11 is 7.64. The van der Waals surface area contributed by atoms with Gasteiger partial charge in [-0.25, -0.2) is 9.97 Å². The van der Waals surface area contributed by atoms with Crippen molar-refractivity contribution in [1.29, 1.82) is 0 Å². The highest BCUT2D eigenvalue weighted by Gasteiger charge is 2.21. The predicted molar refractivity (Wildman–Crippen MR) is 165 cm³/mol. The van der Waals surface area contributed by atoms with Crippen LogP contribution in [0.1, 0.15) is 41.1 Å². The number of nitrogens with two attached hydrogens (primary N) is 1. The summed E-state index contributed by atoms with van der Waals surface area (Å²) in [4.78, 5) is 24.2. The minimum atomic E-state index is -0.545. The number of likely N-dealkylation sites (tertiary alicyclic amines) is 1. The van der Waals surface area contributed by atoms with Crippen LogP contribution in [0.5, 0.6) is 5.75 Å². The number of pyridine rings is 1. The molecule has 1 aliphatic rings. The van der Waals surface area contributed by atoms with Crippen LogP contribution in [0.4, 0.5) is 5.82 Å². The molecule has 5 aromatic rings. The Labute approximate surface area is 247 Å². The highest BCUT2D eigenvalue weighted by Crippen LogP contribution is 2.37. The second kappa shape index (κ2) is 11.5. The van der Waals surface area contributed by atoms with Crippen molar-refractivity contribution in [2.24, 2.45) is 5.73 Å². The summed E-state index contributed by atoms with van der Waals surface area (Å²) in [5, 5.41) is 4.99. The lowest BCUT2D eigenvalue weighted by atomic mass is 10.0. The molecule has 4 heterocycles. The van der Waals surface area contributed by atoms with Crippen LogP contribution in [0.3, 0.4) is 0 Å². The number of imidazole rings is 1. The Morgan fingerprint density at radius 2 is 1.88 bits per heavy atom. The van der Waals surface area contributed by atoms with Crippen LogP contribution >= 0.6 is 22.9 Å². The van der Waals surface area contributed by atoms with Crippen LogP contribution in [0, 0.1) is 0 Å². The molecule has 3 N–H and O–H groups in total. The normalized spacial score (nSPS) is 15.2. The van der Waals surface area contributed by atoms with Crippen molar-refractivity contribution in [1.82, 2.24) is 19.4 Å². The molecule has 8 nitrogen and oxygen atoms in total. The molecular weight excluding hydrogens is 556 g/mol. The van der Waals surface area contributed by atoms with Crippen molar-refractivity contribution in [2.45, 2.75) is 31.9 Å². The monoisotopic (exact) mass is 586 g/mol. The zero-order valence-corrected chi connectivity index (χ0v) is 24.5. The maximum atomic E-state index is 12.3. The molecule has 6 rings (SSSR count). The molecule has 1 unspecified atom stereocenters. The van der Waals surface area contributed by atoms with Gasteiger partial charge in [0.15, 0.2) is 0 Å². The molecule has 0 spiro atoms. The molecule has 1 atom stereocenters. The number of ether oxygens (including phenoxy) is 1. The van der Waals surface area contributed by atoms with Crippen molar-refractivity contribution in [3.8, 4) is 21.9 Å². The topological polar surface area (TPSA) is 98.3 Å². The van der Waals surface area contributed by atoms with Gasteiger partial charge in [-0.2, -0.15) is 0 Å². The molecule has 1 aliphatic heterocycles. The highest BCUT2D eigenvalue weighted by atomic mass is 35.5. The largest absolute Gasteiger partial charge is 0.484 e. The van der Waals surface area contributed by atoms with Crippen LogP contribution in [0.25, 0.3) is 27.2 Å². The van der Waals surface area contributed by atoms with Gasteiger partial charge in [-0.05, 0) is 81.4 Å². The number of anilines is 1. The summed E-state index contributed by atoms with van der Waals surface area (Å²) in [5.74, 6) is 0.764. The molecule has 0 saturated carbocycles. The van der Waals surface area contributed by atoms with E-state index in [1.54, 1.807) is 6.33 Å². The first-order chi connectivity index (χ1) is 19.9. The maximum absolute atomic E-state index is 12.3. The number of amides is 1. The quantitative estimate of drug-likeness (QED) is 0.214. The van der Waals surface area contributed by atoms with Crippen LogP contribution in [-0.4, -0.2) is 51.5 Å². The number of nitrogens with zero attached hydrogens (tertiary/aromatic N) is 4. The minimum absolute atomic E-state index is 0.346. The number of carbonyl (C=O) groups excluding carboxylic acids is 1. The molecular formula is C31H31ClN6O2S. The van der Waals surface area contributed by atoms with Crippen molar-refractivity contribution in [2.75, 3.05) is 25.5 Å². The number of carbonyl (C=O) groups is 1. The lowest BCUT2D eigenvalue weighted by Crippen LogP contribution is -2.36. The van der Waals surface area contributed by atoms with E-state index in [1.807, 2.05) is 60.2 Å². The van der Waals surface area contributed by atoms with Gasteiger partial charge in [-0.3, -0.25) is 9.36 Å². The van der Waals surface area contributed by atoms with Crippen LogP contribution in [-0.2, 0) is 0 Å². The lowest BCUT2D eigenvalue weighted by Gasteiger charge is -2.29. The smallest absolute Gasteiger partial charge is 0.262 e. The van der Waals surface area contributed by atoms with E-state index in [0.29, 0.717) is 21.7 Å². The van der Waals surface area contributed by atoms with E-state index in [1.165, 1.54) is 11.3 Å². The number of rotatable bonds is 8. The third kappa shape index (κ3) is 5.79. The van der Waals surface area contributed by atoms with Crippen molar-refractivity contribution in [3.63, 3.8) is 0 Å². The third-order valence-electron chi connectivity index (χ3n) is 7.50. The average Bonchev–Trinajstić information content (AvgIpc) is 3.58. The SMILES string of the molecule is CC(Oc1cc(-n2cnc3cc(-c4ccnc(NC5CCN(C)CC5)c4)ccc32)sc1C(N)=O)c1ccccc1Cl. The van der Waals surface area contributed by atoms with Gasteiger partial charge < -0.3 is 20.7 Å². The Hall–Kier alpha value is -3.92. The summed E-state index contributed by atoms with van der Waals surface area (Å²) in [6.45, 7) is 4.08. The molecule has 210 valence electrons. The Bertz CT molecular complexity index is 1710. The molecule has 0 bridgehead atoms. The molecule has 1 saturated heterocycles. The van der Waals surface area contributed by atoms with Crippen LogP contribution in [0.2, 0.25) is 5.02 Å². The van der Waals surface area contributed by atoms with Gasteiger partial charge in [0, 0.05) is 28.9 Å². The fourth-order valence-electron chi connectivity index (χ4n) is 5.22.